The van der Waals surface area contributed by atoms with Crippen LogP contribution in [0.3, 0.4) is 0 Å². The maximum absolute atomic E-state index is 13.9. The number of halogens is 1. The van der Waals surface area contributed by atoms with Gasteiger partial charge in [0.15, 0.2) is 0 Å². The Hall–Kier alpha value is -1.11. The summed E-state index contributed by atoms with van der Waals surface area (Å²) >= 11 is 0. The van der Waals surface area contributed by atoms with Crippen LogP contribution < -0.4 is 0 Å². The lowest BCUT2D eigenvalue weighted by atomic mass is 9.98. The molecule has 2 rings (SSSR count). The highest BCUT2D eigenvalue weighted by atomic mass is 19.1. The third-order valence-corrected chi connectivity index (χ3v) is 2.89. The van der Waals surface area contributed by atoms with Crippen LogP contribution in [0.15, 0.2) is 18.7 Å². The molecular weight excluding hydrogens is 175 g/mol. The molecule has 1 saturated carbocycles. The van der Waals surface area contributed by atoms with Crippen molar-refractivity contribution in [3.63, 3.8) is 0 Å². The normalized spacial score (nSPS) is 15.6. The highest BCUT2D eigenvalue weighted by Gasteiger charge is 2.27. The van der Waals surface area contributed by atoms with Gasteiger partial charge in [-0.2, -0.15) is 0 Å². The Morgan fingerprint density at radius 3 is 2.57 bits per heavy atom. The van der Waals surface area contributed by atoms with Gasteiger partial charge in [-0.25, -0.2) is 4.39 Å². The molecule has 0 unspecified atom stereocenters. The van der Waals surface area contributed by atoms with E-state index in [0.29, 0.717) is 5.92 Å². The Labute approximate surface area is 84.5 Å². The second-order valence-electron chi connectivity index (χ2n) is 4.20. The average molecular weight is 190 g/mol. The number of allylic oxidation sites excluding steroid dienone is 1. The Morgan fingerprint density at radius 1 is 1.43 bits per heavy atom. The second-order valence-corrected chi connectivity index (χ2v) is 4.20. The summed E-state index contributed by atoms with van der Waals surface area (Å²) in [6.07, 6.45) is 2.28. The van der Waals surface area contributed by atoms with Crippen LogP contribution in [0.5, 0.6) is 0 Å². The molecule has 0 aliphatic heterocycles. The second kappa shape index (κ2) is 3.23. The van der Waals surface area contributed by atoms with Crippen molar-refractivity contribution >= 4 is 5.57 Å². The van der Waals surface area contributed by atoms with Crippen molar-refractivity contribution in [2.24, 2.45) is 0 Å². The Morgan fingerprint density at radius 2 is 2.07 bits per heavy atom. The van der Waals surface area contributed by atoms with Gasteiger partial charge in [-0.05, 0) is 49.3 Å². The minimum absolute atomic E-state index is 0.0204. The van der Waals surface area contributed by atoms with Crippen molar-refractivity contribution in [3.8, 4) is 0 Å². The molecule has 0 amide bonds. The lowest BCUT2D eigenvalue weighted by Gasteiger charge is -2.09. The largest absolute Gasteiger partial charge is 0.206 e. The molecule has 1 fully saturated rings. The van der Waals surface area contributed by atoms with Gasteiger partial charge in [0, 0.05) is 0 Å². The van der Waals surface area contributed by atoms with Crippen molar-refractivity contribution in [2.45, 2.75) is 32.6 Å². The molecule has 0 aromatic heterocycles. The fourth-order valence-corrected chi connectivity index (χ4v) is 1.88. The zero-order valence-electron chi connectivity index (χ0n) is 8.73. The molecule has 0 spiro atoms. The minimum atomic E-state index is -0.0204. The van der Waals surface area contributed by atoms with E-state index >= 15 is 0 Å². The van der Waals surface area contributed by atoms with Crippen LogP contribution in [0.25, 0.3) is 5.57 Å². The monoisotopic (exact) mass is 190 g/mol. The Kier molecular flexibility index (Phi) is 2.18. The molecule has 1 aliphatic carbocycles. The molecular formula is C13H15F. The van der Waals surface area contributed by atoms with Crippen LogP contribution in [0.4, 0.5) is 4.39 Å². The van der Waals surface area contributed by atoms with Gasteiger partial charge in [0.1, 0.15) is 5.82 Å². The lowest BCUT2D eigenvalue weighted by molar-refractivity contribution is 0.601. The number of hydrogen-bond acceptors (Lipinski definition) is 0. The first kappa shape index (κ1) is 9.45. The Bertz CT molecular complexity index is 386. The third-order valence-electron chi connectivity index (χ3n) is 2.89. The number of rotatable bonds is 2. The molecule has 1 aliphatic rings. The van der Waals surface area contributed by atoms with Gasteiger partial charge in [-0.3, -0.25) is 0 Å². The fourth-order valence-electron chi connectivity index (χ4n) is 1.88. The van der Waals surface area contributed by atoms with Crippen molar-refractivity contribution in [1.82, 2.24) is 0 Å². The first-order valence-corrected chi connectivity index (χ1v) is 5.06. The lowest BCUT2D eigenvalue weighted by Crippen LogP contribution is -1.95. The van der Waals surface area contributed by atoms with Crippen molar-refractivity contribution < 1.29 is 4.39 Å². The molecule has 14 heavy (non-hydrogen) atoms. The first-order valence-electron chi connectivity index (χ1n) is 5.06. The molecule has 0 nitrogen and oxygen atoms in total. The SMILES string of the molecule is C=C(C)c1ccc(C2CC2)c(F)c1C. The molecule has 0 radical (unpaired) electrons. The van der Waals surface area contributed by atoms with E-state index < -0.39 is 0 Å². The van der Waals surface area contributed by atoms with Gasteiger partial charge < -0.3 is 0 Å². The number of hydrogen-bond donors (Lipinski definition) is 0. The molecule has 1 heteroatoms. The van der Waals surface area contributed by atoms with Gasteiger partial charge in [-0.1, -0.05) is 24.3 Å². The highest BCUT2D eigenvalue weighted by molar-refractivity contribution is 5.65. The summed E-state index contributed by atoms with van der Waals surface area (Å²) in [6, 6.07) is 3.92. The summed E-state index contributed by atoms with van der Waals surface area (Å²) in [5.74, 6) is 0.459. The van der Waals surface area contributed by atoms with Crippen LogP contribution in [-0.4, -0.2) is 0 Å². The Balaban J connectivity index is 2.50. The summed E-state index contributed by atoms with van der Waals surface area (Å²) in [5.41, 5.74) is 3.53. The van der Waals surface area contributed by atoms with E-state index in [1.165, 1.54) is 0 Å². The smallest absolute Gasteiger partial charge is 0.130 e. The first-order chi connectivity index (χ1) is 6.61. The van der Waals surface area contributed by atoms with Crippen LogP contribution in [-0.2, 0) is 0 Å². The highest BCUT2D eigenvalue weighted by Crippen LogP contribution is 2.42. The summed E-state index contributed by atoms with van der Waals surface area (Å²) in [5, 5.41) is 0. The molecule has 0 heterocycles. The van der Waals surface area contributed by atoms with E-state index in [9.17, 15) is 4.39 Å². The molecule has 0 atom stereocenters. The standard InChI is InChI=1S/C13H15F/c1-8(2)11-6-7-12(10-4-5-10)13(14)9(11)3/h6-7,10H,1,4-5H2,2-3H3. The third kappa shape index (κ3) is 1.47. The van der Waals surface area contributed by atoms with Crippen LogP contribution >= 0.6 is 0 Å². The fraction of sp³-hybridized carbons (Fsp3) is 0.385. The quantitative estimate of drug-likeness (QED) is 0.660. The van der Waals surface area contributed by atoms with Gasteiger partial charge >= 0.3 is 0 Å². The van der Waals surface area contributed by atoms with Gasteiger partial charge in [-0.15, -0.1) is 0 Å². The predicted octanol–water partition coefficient (Wildman–Crippen LogP) is 4.04. The van der Waals surface area contributed by atoms with E-state index in [-0.39, 0.29) is 5.82 Å². The van der Waals surface area contributed by atoms with Gasteiger partial charge in [0.25, 0.3) is 0 Å². The maximum atomic E-state index is 13.9. The maximum Gasteiger partial charge on any atom is 0.130 e. The topological polar surface area (TPSA) is 0 Å². The molecule has 74 valence electrons. The average Bonchev–Trinajstić information content (AvgIpc) is 2.92. The van der Waals surface area contributed by atoms with Crippen molar-refractivity contribution in [1.29, 1.82) is 0 Å². The summed E-state index contributed by atoms with van der Waals surface area (Å²) in [7, 11) is 0. The summed E-state index contributed by atoms with van der Waals surface area (Å²) < 4.78 is 13.9. The summed E-state index contributed by atoms with van der Waals surface area (Å²) in [6.45, 7) is 7.60. The van der Waals surface area contributed by atoms with Crippen molar-refractivity contribution in [2.75, 3.05) is 0 Å². The van der Waals surface area contributed by atoms with E-state index in [0.717, 1.165) is 35.1 Å². The van der Waals surface area contributed by atoms with Crippen LogP contribution in [0.2, 0.25) is 0 Å². The minimum Gasteiger partial charge on any atom is -0.206 e. The van der Waals surface area contributed by atoms with Crippen LogP contribution in [0, 0.1) is 12.7 Å². The number of benzene rings is 1. The molecule has 1 aromatic carbocycles. The molecule has 0 saturated heterocycles. The van der Waals surface area contributed by atoms with E-state index in [1.54, 1.807) is 0 Å². The molecule has 1 aromatic rings. The predicted molar refractivity (Wildman–Crippen MR) is 57.8 cm³/mol. The zero-order valence-corrected chi connectivity index (χ0v) is 8.73. The van der Waals surface area contributed by atoms with Crippen molar-refractivity contribution in [3.05, 3.63) is 41.2 Å². The van der Waals surface area contributed by atoms with Crippen LogP contribution in [0.1, 0.15) is 42.4 Å². The summed E-state index contributed by atoms with van der Waals surface area (Å²) in [4.78, 5) is 0. The van der Waals surface area contributed by atoms with Gasteiger partial charge in [0.05, 0.1) is 0 Å². The zero-order chi connectivity index (χ0) is 10.3. The van der Waals surface area contributed by atoms with E-state index in [4.69, 9.17) is 0 Å². The molecule has 0 N–H and O–H groups in total. The van der Waals surface area contributed by atoms with E-state index in [1.807, 2.05) is 26.0 Å². The van der Waals surface area contributed by atoms with Gasteiger partial charge in [0.2, 0.25) is 0 Å². The molecule has 0 bridgehead atoms. The van der Waals surface area contributed by atoms with E-state index in [2.05, 4.69) is 6.58 Å².